The second-order valence-corrected chi connectivity index (χ2v) is 5.97. The number of aromatic nitrogens is 4. The van der Waals surface area contributed by atoms with Crippen molar-refractivity contribution in [3.63, 3.8) is 0 Å². The molecule has 0 amide bonds. The highest BCUT2D eigenvalue weighted by Gasteiger charge is 2.15. The summed E-state index contributed by atoms with van der Waals surface area (Å²) < 4.78 is 5.11. The zero-order valence-corrected chi connectivity index (χ0v) is 13.6. The molecule has 90 valence electrons. The summed E-state index contributed by atoms with van der Waals surface area (Å²) in [6, 6.07) is 0. The number of aryl methyl sites for hydroxylation is 1. The quantitative estimate of drug-likeness (QED) is 0.652. The maximum absolute atomic E-state index is 12.0. The maximum atomic E-state index is 12.0. The molecule has 2 rings (SSSR count). The molecular formula is C10H10I2N4O. The number of hydrogen-bond donors (Lipinski definition) is 0. The number of rotatable bonds is 2. The minimum absolute atomic E-state index is 0.0759. The first-order valence-electron chi connectivity index (χ1n) is 4.92. The fourth-order valence-corrected chi connectivity index (χ4v) is 2.28. The molecule has 0 aliphatic carbocycles. The topological polar surface area (TPSA) is 52.7 Å². The fraction of sp³-hybridized carbons (Fsp3) is 0.300. The summed E-state index contributed by atoms with van der Waals surface area (Å²) in [4.78, 5) is 12.0. The predicted molar refractivity (Wildman–Crippen MR) is 80.0 cm³/mol. The second kappa shape index (κ2) is 5.04. The van der Waals surface area contributed by atoms with Crippen LogP contribution in [0.1, 0.15) is 16.2 Å². The van der Waals surface area contributed by atoms with Crippen LogP contribution < -0.4 is 0 Å². The summed E-state index contributed by atoms with van der Waals surface area (Å²) in [6.07, 6.45) is 3.55. The van der Waals surface area contributed by atoms with E-state index in [4.69, 9.17) is 0 Å². The largest absolute Gasteiger partial charge is 0.270 e. The molecule has 0 atom stereocenters. The summed E-state index contributed by atoms with van der Waals surface area (Å²) in [5.74, 6) is -0.0759. The smallest absolute Gasteiger partial charge is 0.268 e. The molecule has 5 nitrogen and oxygen atoms in total. The van der Waals surface area contributed by atoms with Gasteiger partial charge in [-0.15, -0.1) is 0 Å². The van der Waals surface area contributed by atoms with Crippen molar-refractivity contribution >= 4 is 51.1 Å². The molecule has 0 N–H and O–H groups in total. The molecule has 0 unspecified atom stereocenters. The second-order valence-electron chi connectivity index (χ2n) is 3.65. The average molecular weight is 456 g/mol. The first kappa shape index (κ1) is 13.0. The summed E-state index contributed by atoms with van der Waals surface area (Å²) in [6.45, 7) is 4.00. The van der Waals surface area contributed by atoms with Crippen LogP contribution in [0.25, 0.3) is 0 Å². The summed E-state index contributed by atoms with van der Waals surface area (Å²) in [7, 11) is 0. The van der Waals surface area contributed by atoms with Gasteiger partial charge in [0.25, 0.3) is 5.91 Å². The van der Waals surface area contributed by atoms with Gasteiger partial charge < -0.3 is 0 Å². The Hall–Kier alpha value is -0.450. The monoisotopic (exact) mass is 456 g/mol. The van der Waals surface area contributed by atoms with E-state index in [1.54, 1.807) is 10.9 Å². The Balaban J connectivity index is 2.23. The summed E-state index contributed by atoms with van der Waals surface area (Å²) >= 11 is 4.36. The highest BCUT2D eigenvalue weighted by Crippen LogP contribution is 2.15. The van der Waals surface area contributed by atoms with E-state index >= 15 is 0 Å². The molecule has 0 aliphatic heterocycles. The van der Waals surface area contributed by atoms with E-state index in [0.717, 1.165) is 18.5 Å². The number of nitrogens with zero attached hydrogens (tertiary/aromatic N) is 4. The Bertz CT molecular complexity index is 573. The molecule has 2 aromatic heterocycles. The number of hydrogen-bond acceptors (Lipinski definition) is 3. The van der Waals surface area contributed by atoms with Gasteiger partial charge in [0.15, 0.2) is 0 Å². The van der Waals surface area contributed by atoms with Crippen molar-refractivity contribution < 1.29 is 4.79 Å². The SMILES string of the molecule is Cc1nn(C(=O)Cn2cc(I)cn2)c(C)c1I. The molecule has 17 heavy (non-hydrogen) atoms. The van der Waals surface area contributed by atoms with Gasteiger partial charge >= 0.3 is 0 Å². The normalized spacial score (nSPS) is 10.8. The van der Waals surface area contributed by atoms with E-state index in [1.165, 1.54) is 4.68 Å². The van der Waals surface area contributed by atoms with Crippen LogP contribution in [0.15, 0.2) is 12.4 Å². The van der Waals surface area contributed by atoms with E-state index < -0.39 is 0 Å². The Morgan fingerprint density at radius 1 is 1.41 bits per heavy atom. The molecule has 0 saturated heterocycles. The van der Waals surface area contributed by atoms with Crippen LogP contribution in [0.4, 0.5) is 0 Å². The van der Waals surface area contributed by atoms with Gasteiger partial charge in [-0.3, -0.25) is 9.48 Å². The Morgan fingerprint density at radius 3 is 2.59 bits per heavy atom. The highest BCUT2D eigenvalue weighted by atomic mass is 127. The molecule has 0 bridgehead atoms. The minimum Gasteiger partial charge on any atom is -0.270 e. The van der Waals surface area contributed by atoms with Crippen LogP contribution in [0.5, 0.6) is 0 Å². The molecule has 0 saturated carbocycles. The van der Waals surface area contributed by atoms with E-state index in [9.17, 15) is 4.79 Å². The lowest BCUT2D eigenvalue weighted by Crippen LogP contribution is -2.20. The van der Waals surface area contributed by atoms with Gasteiger partial charge in [0.1, 0.15) is 6.54 Å². The molecule has 2 heterocycles. The van der Waals surface area contributed by atoms with Gasteiger partial charge in [-0.1, -0.05) is 0 Å². The molecule has 0 spiro atoms. The molecule has 0 radical (unpaired) electrons. The van der Waals surface area contributed by atoms with Crippen molar-refractivity contribution in [1.82, 2.24) is 19.6 Å². The zero-order chi connectivity index (χ0) is 12.6. The number of carbonyl (C=O) groups is 1. The zero-order valence-electron chi connectivity index (χ0n) is 9.31. The third kappa shape index (κ3) is 2.69. The molecule has 0 fully saturated rings. The Labute approximate surface area is 126 Å². The Morgan fingerprint density at radius 2 is 2.12 bits per heavy atom. The van der Waals surface area contributed by atoms with Gasteiger partial charge in [-0.05, 0) is 59.0 Å². The minimum atomic E-state index is -0.0759. The van der Waals surface area contributed by atoms with Gasteiger partial charge in [0.05, 0.1) is 24.7 Å². The number of halogens is 2. The van der Waals surface area contributed by atoms with Crippen LogP contribution in [-0.4, -0.2) is 25.5 Å². The summed E-state index contributed by atoms with van der Waals surface area (Å²) in [5, 5.41) is 8.31. The van der Waals surface area contributed by atoms with Crippen LogP contribution in [0, 0.1) is 21.0 Å². The molecule has 7 heteroatoms. The van der Waals surface area contributed by atoms with Crippen molar-refractivity contribution in [2.24, 2.45) is 0 Å². The third-order valence-corrected chi connectivity index (χ3v) is 4.46. The third-order valence-electron chi connectivity index (χ3n) is 2.34. The van der Waals surface area contributed by atoms with E-state index in [-0.39, 0.29) is 12.5 Å². The highest BCUT2D eigenvalue weighted by molar-refractivity contribution is 14.1. The van der Waals surface area contributed by atoms with Crippen molar-refractivity contribution in [2.75, 3.05) is 0 Å². The molecule has 0 aliphatic rings. The van der Waals surface area contributed by atoms with Gasteiger partial charge in [0.2, 0.25) is 0 Å². The van der Waals surface area contributed by atoms with Gasteiger partial charge in [0, 0.05) is 6.20 Å². The van der Waals surface area contributed by atoms with Crippen molar-refractivity contribution in [2.45, 2.75) is 20.4 Å². The Kier molecular flexibility index (Phi) is 3.85. The van der Waals surface area contributed by atoms with Gasteiger partial charge in [-0.2, -0.15) is 10.2 Å². The van der Waals surface area contributed by atoms with Crippen LogP contribution >= 0.6 is 45.2 Å². The lowest BCUT2D eigenvalue weighted by Gasteiger charge is -2.03. The van der Waals surface area contributed by atoms with Crippen molar-refractivity contribution in [3.8, 4) is 0 Å². The maximum Gasteiger partial charge on any atom is 0.268 e. The first-order chi connectivity index (χ1) is 7.99. The lowest BCUT2D eigenvalue weighted by molar-refractivity contribution is 0.0867. The number of carbonyl (C=O) groups excluding carboxylic acids is 1. The van der Waals surface area contributed by atoms with Crippen LogP contribution in [0.2, 0.25) is 0 Å². The molecular weight excluding hydrogens is 446 g/mol. The first-order valence-corrected chi connectivity index (χ1v) is 7.07. The van der Waals surface area contributed by atoms with Crippen molar-refractivity contribution in [3.05, 3.63) is 30.9 Å². The summed E-state index contributed by atoms with van der Waals surface area (Å²) in [5.41, 5.74) is 1.77. The van der Waals surface area contributed by atoms with E-state index in [1.807, 2.05) is 20.0 Å². The van der Waals surface area contributed by atoms with E-state index in [2.05, 4.69) is 55.4 Å². The standard InChI is InChI=1S/C10H10I2N4O/c1-6-10(12)7(2)16(14-6)9(17)5-15-4-8(11)3-13-15/h3-4H,5H2,1-2H3. The average Bonchev–Trinajstić information content (AvgIpc) is 2.78. The predicted octanol–water partition coefficient (Wildman–Crippen LogP) is 2.25. The van der Waals surface area contributed by atoms with Crippen molar-refractivity contribution in [1.29, 1.82) is 0 Å². The molecule has 0 aromatic carbocycles. The van der Waals surface area contributed by atoms with Gasteiger partial charge in [-0.25, -0.2) is 4.68 Å². The lowest BCUT2D eigenvalue weighted by atomic mass is 10.4. The fourth-order valence-electron chi connectivity index (χ4n) is 1.50. The van der Waals surface area contributed by atoms with Crippen LogP contribution in [0.3, 0.4) is 0 Å². The van der Waals surface area contributed by atoms with Crippen LogP contribution in [-0.2, 0) is 6.54 Å². The molecule has 2 aromatic rings. The van der Waals surface area contributed by atoms with E-state index in [0.29, 0.717) is 0 Å².